The van der Waals surface area contributed by atoms with Gasteiger partial charge < -0.3 is 9.84 Å². The van der Waals surface area contributed by atoms with Crippen LogP contribution in [0.5, 0.6) is 5.75 Å². The summed E-state index contributed by atoms with van der Waals surface area (Å²) >= 11 is 7.72. The molecule has 0 saturated heterocycles. The number of aliphatic hydroxyl groups is 1. The minimum absolute atomic E-state index is 0.283. The summed E-state index contributed by atoms with van der Waals surface area (Å²) in [6.07, 6.45) is 5.04. The van der Waals surface area contributed by atoms with Crippen LogP contribution in [0.15, 0.2) is 40.8 Å². The van der Waals surface area contributed by atoms with Gasteiger partial charge in [-0.2, -0.15) is 0 Å². The first-order valence-electron chi connectivity index (χ1n) is 12.5. The van der Waals surface area contributed by atoms with Gasteiger partial charge in [0.05, 0.1) is 20.3 Å². The van der Waals surface area contributed by atoms with Crippen LogP contribution >= 0.6 is 22.9 Å². The Labute approximate surface area is 223 Å². The van der Waals surface area contributed by atoms with Crippen LogP contribution in [-0.2, 0) is 25.0 Å². The van der Waals surface area contributed by atoms with Crippen molar-refractivity contribution >= 4 is 22.9 Å². The molecule has 5 heterocycles. The first-order chi connectivity index (χ1) is 18.3. The van der Waals surface area contributed by atoms with Gasteiger partial charge in [0.2, 0.25) is 0 Å². The van der Waals surface area contributed by atoms with E-state index in [2.05, 4.69) is 15.0 Å². The van der Waals surface area contributed by atoms with Gasteiger partial charge in [-0.1, -0.05) is 11.6 Å². The van der Waals surface area contributed by atoms with Crippen LogP contribution < -0.4 is 10.3 Å². The summed E-state index contributed by atoms with van der Waals surface area (Å²) in [5.41, 5.74) is 0.352. The molecule has 1 N–H and O–H groups in total. The normalized spacial score (nSPS) is 14.6. The predicted molar refractivity (Wildman–Crippen MR) is 136 cm³/mol. The van der Waals surface area contributed by atoms with E-state index in [1.165, 1.54) is 22.0 Å². The molecule has 0 atom stereocenters. The van der Waals surface area contributed by atoms with E-state index in [0.717, 1.165) is 18.4 Å². The average Bonchev–Trinajstić information content (AvgIpc) is 3.35. The van der Waals surface area contributed by atoms with Crippen LogP contribution in [0, 0.1) is 11.6 Å². The maximum atomic E-state index is 14.3. The molecule has 37 heavy (non-hydrogen) atoms. The van der Waals surface area contributed by atoms with Crippen LogP contribution in [-0.4, -0.2) is 24.6 Å². The van der Waals surface area contributed by atoms with Crippen molar-refractivity contribution in [1.29, 1.82) is 0 Å². The average molecular weight is 547 g/mol. The number of thiazole rings is 1. The molecule has 0 amide bonds. The zero-order valence-corrected chi connectivity index (χ0v) is 21.5. The quantitative estimate of drug-likeness (QED) is 0.362. The molecule has 0 bridgehead atoms. The molecule has 4 aromatic rings. The van der Waals surface area contributed by atoms with Gasteiger partial charge in [-0.25, -0.2) is 13.8 Å². The molecule has 11 heteroatoms. The molecular weight excluding hydrogens is 522 g/mol. The van der Waals surface area contributed by atoms with Crippen molar-refractivity contribution in [3.05, 3.63) is 85.6 Å². The fourth-order valence-electron chi connectivity index (χ4n) is 4.01. The van der Waals surface area contributed by atoms with Gasteiger partial charge in [0.1, 0.15) is 45.1 Å². The summed E-state index contributed by atoms with van der Waals surface area (Å²) in [6, 6.07) is 3.69. The number of halogens is 3. The van der Waals surface area contributed by atoms with Gasteiger partial charge in [0, 0.05) is 29.4 Å². The van der Waals surface area contributed by atoms with E-state index in [4.69, 9.17) is 19.1 Å². The molecule has 5 rings (SSSR count). The molecule has 0 aromatic carbocycles. The number of ether oxygens (including phenoxy) is 1. The van der Waals surface area contributed by atoms with Crippen LogP contribution in [0.2, 0.25) is 5.02 Å². The van der Waals surface area contributed by atoms with Crippen molar-refractivity contribution in [2.45, 2.75) is 51.7 Å². The second-order valence-corrected chi connectivity index (χ2v) is 10.4. The summed E-state index contributed by atoms with van der Waals surface area (Å²) in [5.74, 6) is -2.48. The number of aromatic nitrogens is 4. The van der Waals surface area contributed by atoms with Crippen LogP contribution in [0.3, 0.4) is 0 Å². The van der Waals surface area contributed by atoms with Crippen LogP contribution in [0.25, 0.3) is 16.4 Å². The zero-order valence-electron chi connectivity index (χ0n) is 21.9. The molecule has 0 radical (unpaired) electrons. The van der Waals surface area contributed by atoms with Gasteiger partial charge in [-0.05, 0) is 51.2 Å². The largest absolute Gasteiger partial charge is 0.485 e. The fraction of sp³-hybridized carbons (Fsp3) is 0.308. The standard InChI is InChI=1S/C26H23ClF2N4O3S/c1-26(2,35)22-13-37-24(32-22)18-9-20-14(10-30-18)5-3-4-6-16-8-21(23(27)25(34)33(16)20)36-12-19-17(29)7-15(28)11-31-19/h7-11,13,35H,3-6,12H2,1-2H3/i12D2. The lowest BCUT2D eigenvalue weighted by atomic mass is 10.0. The topological polar surface area (TPSA) is 90.1 Å². The molecule has 1 aliphatic heterocycles. The zero-order chi connectivity index (χ0) is 28.1. The molecule has 0 aliphatic carbocycles. The van der Waals surface area contributed by atoms with Crippen LogP contribution in [0.1, 0.15) is 52.1 Å². The van der Waals surface area contributed by atoms with E-state index in [1.54, 1.807) is 31.5 Å². The lowest BCUT2D eigenvalue weighted by molar-refractivity contribution is 0.0746. The van der Waals surface area contributed by atoms with Gasteiger partial charge in [-0.15, -0.1) is 11.3 Å². The van der Waals surface area contributed by atoms with Crippen molar-refractivity contribution in [2.24, 2.45) is 0 Å². The monoisotopic (exact) mass is 546 g/mol. The molecule has 0 unspecified atom stereocenters. The second-order valence-electron chi connectivity index (χ2n) is 9.14. The second kappa shape index (κ2) is 9.92. The number of rotatable bonds is 5. The van der Waals surface area contributed by atoms with Gasteiger partial charge >= 0.3 is 0 Å². The molecule has 7 nitrogen and oxygen atoms in total. The van der Waals surface area contributed by atoms with E-state index < -0.39 is 40.1 Å². The first-order valence-corrected chi connectivity index (χ1v) is 12.7. The number of fused-ring (bicyclic) bond motifs is 3. The first kappa shape index (κ1) is 22.9. The minimum atomic E-state index is -2.84. The molecule has 1 aliphatic rings. The molecule has 4 aromatic heterocycles. The highest BCUT2D eigenvalue weighted by molar-refractivity contribution is 7.13. The number of pyridine rings is 3. The van der Waals surface area contributed by atoms with E-state index in [0.29, 0.717) is 52.9 Å². The summed E-state index contributed by atoms with van der Waals surface area (Å²) in [4.78, 5) is 26.1. The Bertz CT molecular complexity index is 1640. The number of nitrogens with zero attached hydrogens (tertiary/aromatic N) is 4. The third-order valence-corrected chi connectivity index (χ3v) is 7.15. The maximum Gasteiger partial charge on any atom is 0.277 e. The van der Waals surface area contributed by atoms with Gasteiger partial charge in [0.15, 0.2) is 5.82 Å². The Morgan fingerprint density at radius 1 is 1.22 bits per heavy atom. The van der Waals surface area contributed by atoms with Crippen LogP contribution in [0.4, 0.5) is 8.78 Å². The highest BCUT2D eigenvalue weighted by atomic mass is 35.5. The fourth-order valence-corrected chi connectivity index (χ4v) is 5.14. The number of hydrogen-bond donors (Lipinski definition) is 1. The maximum absolute atomic E-state index is 14.3. The third-order valence-electron chi connectivity index (χ3n) is 5.94. The minimum Gasteiger partial charge on any atom is -0.485 e. The highest BCUT2D eigenvalue weighted by Crippen LogP contribution is 2.32. The Kier molecular flexibility index (Phi) is 6.15. The molecule has 0 spiro atoms. The highest BCUT2D eigenvalue weighted by Gasteiger charge is 2.23. The van der Waals surface area contributed by atoms with Crippen molar-refractivity contribution in [2.75, 3.05) is 0 Å². The van der Waals surface area contributed by atoms with Crippen molar-refractivity contribution in [3.8, 4) is 22.1 Å². The molecule has 192 valence electrons. The van der Waals surface area contributed by atoms with Crippen molar-refractivity contribution in [3.63, 3.8) is 0 Å². The number of aryl methyl sites for hydroxylation is 2. The Morgan fingerprint density at radius 3 is 2.73 bits per heavy atom. The smallest absolute Gasteiger partial charge is 0.277 e. The van der Waals surface area contributed by atoms with Gasteiger partial charge in [0.25, 0.3) is 5.56 Å². The summed E-state index contributed by atoms with van der Waals surface area (Å²) in [5, 5.41) is 12.2. The Morgan fingerprint density at radius 2 is 2.00 bits per heavy atom. The Hall–Kier alpha value is -3.21. The molecule has 0 fully saturated rings. The number of hydrogen-bond acceptors (Lipinski definition) is 7. The van der Waals surface area contributed by atoms with Crippen molar-refractivity contribution in [1.82, 2.24) is 19.5 Å². The Balaban J connectivity index is 1.60. The van der Waals surface area contributed by atoms with Gasteiger partial charge in [-0.3, -0.25) is 19.3 Å². The van der Waals surface area contributed by atoms with E-state index in [-0.39, 0.29) is 5.75 Å². The lowest BCUT2D eigenvalue weighted by Gasteiger charge is -2.21. The summed E-state index contributed by atoms with van der Waals surface area (Å²) < 4.78 is 50.8. The van der Waals surface area contributed by atoms with E-state index in [9.17, 15) is 18.7 Å². The SMILES string of the molecule is [2H]C([2H])(Oc1cc2n(c(=O)c1Cl)-c1cc(-c3nc(C(C)(C)O)cs3)ncc1CCCC2)c1ncc(F)cc1F. The third kappa shape index (κ3) is 5.14. The predicted octanol–water partition coefficient (Wildman–Crippen LogP) is 5.37. The molecule has 0 saturated carbocycles. The van der Waals surface area contributed by atoms with Crippen molar-refractivity contribution < 1.29 is 21.4 Å². The summed E-state index contributed by atoms with van der Waals surface area (Å²) in [6.45, 7) is 0.437. The lowest BCUT2D eigenvalue weighted by Crippen LogP contribution is -2.25. The van der Waals surface area contributed by atoms with E-state index >= 15 is 0 Å². The summed E-state index contributed by atoms with van der Waals surface area (Å²) in [7, 11) is 0. The molecular formula is C26H23ClF2N4O3S. The van der Waals surface area contributed by atoms with E-state index in [1.807, 2.05) is 0 Å².